The molecule has 0 bridgehead atoms. The Labute approximate surface area is 153 Å². The highest BCUT2D eigenvalue weighted by Gasteiger charge is 2.26. The van der Waals surface area contributed by atoms with Gasteiger partial charge in [0.1, 0.15) is 5.69 Å². The fourth-order valence-corrected chi connectivity index (χ4v) is 3.82. The van der Waals surface area contributed by atoms with Crippen LogP contribution in [-0.4, -0.2) is 41.2 Å². The first-order valence-corrected chi connectivity index (χ1v) is 9.46. The standard InChI is InChI=1S/C19H27N3O4/c1-13-8-10-21(11-9-13)17-7-2-14(12-18(17)22(25)26)19(24)20-15-3-5-16(23)6-4-15/h2,7,12-13,15-16,23H,3-6,8-11H2,1H3,(H,20,24). The Morgan fingerprint density at radius 3 is 2.46 bits per heavy atom. The number of piperidine rings is 1. The van der Waals surface area contributed by atoms with E-state index >= 15 is 0 Å². The van der Waals surface area contributed by atoms with Crippen LogP contribution >= 0.6 is 0 Å². The van der Waals surface area contributed by atoms with Gasteiger partial charge in [0.2, 0.25) is 0 Å². The molecule has 7 nitrogen and oxygen atoms in total. The van der Waals surface area contributed by atoms with E-state index in [-0.39, 0.29) is 23.7 Å². The van der Waals surface area contributed by atoms with Gasteiger partial charge >= 0.3 is 0 Å². The summed E-state index contributed by atoms with van der Waals surface area (Å²) in [5.74, 6) is 0.359. The largest absolute Gasteiger partial charge is 0.393 e. The molecule has 1 aliphatic heterocycles. The van der Waals surface area contributed by atoms with Gasteiger partial charge in [0.15, 0.2) is 0 Å². The minimum Gasteiger partial charge on any atom is -0.393 e. The molecule has 1 heterocycles. The van der Waals surface area contributed by atoms with Crippen molar-refractivity contribution in [2.75, 3.05) is 18.0 Å². The molecule has 0 atom stereocenters. The zero-order valence-corrected chi connectivity index (χ0v) is 15.2. The monoisotopic (exact) mass is 361 g/mol. The maximum atomic E-state index is 12.5. The predicted molar refractivity (Wildman–Crippen MR) is 99.4 cm³/mol. The van der Waals surface area contributed by atoms with E-state index in [1.54, 1.807) is 12.1 Å². The molecule has 1 saturated heterocycles. The van der Waals surface area contributed by atoms with E-state index in [0.717, 1.165) is 38.8 Å². The summed E-state index contributed by atoms with van der Waals surface area (Å²) in [6.07, 6.45) is 4.59. The van der Waals surface area contributed by atoms with Crippen LogP contribution in [0.5, 0.6) is 0 Å². The Bertz CT molecular complexity index is 663. The summed E-state index contributed by atoms with van der Waals surface area (Å²) in [5, 5.41) is 24.0. The number of benzene rings is 1. The summed E-state index contributed by atoms with van der Waals surface area (Å²) in [6, 6.07) is 4.79. The molecule has 0 aromatic heterocycles. The van der Waals surface area contributed by atoms with E-state index in [1.165, 1.54) is 6.07 Å². The second-order valence-corrected chi connectivity index (χ2v) is 7.61. The van der Waals surface area contributed by atoms with Crippen LogP contribution in [0.1, 0.15) is 55.8 Å². The van der Waals surface area contributed by atoms with Gasteiger partial charge in [-0.3, -0.25) is 14.9 Å². The van der Waals surface area contributed by atoms with Crippen LogP contribution in [0.2, 0.25) is 0 Å². The highest BCUT2D eigenvalue weighted by atomic mass is 16.6. The first-order chi connectivity index (χ1) is 12.4. The summed E-state index contributed by atoms with van der Waals surface area (Å²) in [4.78, 5) is 25.7. The number of nitrogens with zero attached hydrogens (tertiary/aromatic N) is 2. The molecule has 0 radical (unpaired) electrons. The lowest BCUT2D eigenvalue weighted by Crippen LogP contribution is -2.38. The summed E-state index contributed by atoms with van der Waals surface area (Å²) in [6.45, 7) is 3.80. The lowest BCUT2D eigenvalue weighted by molar-refractivity contribution is -0.384. The number of nitrogens with one attached hydrogen (secondary N) is 1. The van der Waals surface area contributed by atoms with Crippen LogP contribution in [0, 0.1) is 16.0 Å². The zero-order chi connectivity index (χ0) is 18.7. The lowest BCUT2D eigenvalue weighted by Gasteiger charge is -2.31. The van der Waals surface area contributed by atoms with Gasteiger partial charge in [-0.15, -0.1) is 0 Å². The number of aliphatic hydroxyl groups is 1. The predicted octanol–water partition coefficient (Wildman–Crippen LogP) is 2.86. The van der Waals surface area contributed by atoms with Crippen molar-refractivity contribution in [1.82, 2.24) is 5.32 Å². The van der Waals surface area contributed by atoms with E-state index < -0.39 is 4.92 Å². The number of carbonyl (C=O) groups excluding carboxylic acids is 1. The van der Waals surface area contributed by atoms with Gasteiger partial charge in [-0.25, -0.2) is 0 Å². The molecule has 1 saturated carbocycles. The molecule has 1 amide bonds. The van der Waals surface area contributed by atoms with E-state index in [4.69, 9.17) is 0 Å². The molecule has 2 aliphatic rings. The Hall–Kier alpha value is -2.15. The number of anilines is 1. The molecular weight excluding hydrogens is 334 g/mol. The molecule has 26 heavy (non-hydrogen) atoms. The van der Waals surface area contributed by atoms with Crippen molar-refractivity contribution in [3.63, 3.8) is 0 Å². The Kier molecular flexibility index (Phi) is 5.76. The molecule has 1 aliphatic carbocycles. The van der Waals surface area contributed by atoms with Crippen LogP contribution in [0.25, 0.3) is 0 Å². The van der Waals surface area contributed by atoms with Crippen LogP contribution in [-0.2, 0) is 0 Å². The SMILES string of the molecule is CC1CCN(c2ccc(C(=O)NC3CCC(O)CC3)cc2[N+](=O)[O-])CC1. The fraction of sp³-hybridized carbons (Fsp3) is 0.632. The molecule has 1 aromatic rings. The first-order valence-electron chi connectivity index (χ1n) is 9.46. The number of hydrogen-bond donors (Lipinski definition) is 2. The molecule has 3 rings (SSSR count). The number of nitro groups is 1. The maximum Gasteiger partial charge on any atom is 0.293 e. The number of amides is 1. The van der Waals surface area contributed by atoms with Crippen molar-refractivity contribution in [3.8, 4) is 0 Å². The van der Waals surface area contributed by atoms with Gasteiger partial charge in [0, 0.05) is 30.8 Å². The molecule has 142 valence electrons. The summed E-state index contributed by atoms with van der Waals surface area (Å²) < 4.78 is 0. The van der Waals surface area contributed by atoms with Crippen molar-refractivity contribution < 1.29 is 14.8 Å². The second-order valence-electron chi connectivity index (χ2n) is 7.61. The Balaban J connectivity index is 1.73. The van der Waals surface area contributed by atoms with Crippen LogP contribution < -0.4 is 10.2 Å². The van der Waals surface area contributed by atoms with Crippen LogP contribution in [0.3, 0.4) is 0 Å². The zero-order valence-electron chi connectivity index (χ0n) is 15.2. The molecule has 0 unspecified atom stereocenters. The van der Waals surface area contributed by atoms with Gasteiger partial charge in [-0.05, 0) is 56.6 Å². The summed E-state index contributed by atoms with van der Waals surface area (Å²) in [7, 11) is 0. The van der Waals surface area contributed by atoms with Gasteiger partial charge in [0.05, 0.1) is 11.0 Å². The van der Waals surface area contributed by atoms with Crippen molar-refractivity contribution in [2.24, 2.45) is 5.92 Å². The molecule has 1 aromatic carbocycles. The third kappa shape index (κ3) is 4.33. The number of rotatable bonds is 4. The van der Waals surface area contributed by atoms with Gasteiger partial charge in [-0.2, -0.15) is 0 Å². The molecule has 0 spiro atoms. The van der Waals surface area contributed by atoms with Gasteiger partial charge in [0.25, 0.3) is 11.6 Å². The van der Waals surface area contributed by atoms with Crippen molar-refractivity contribution in [1.29, 1.82) is 0 Å². The Morgan fingerprint density at radius 1 is 1.19 bits per heavy atom. The Morgan fingerprint density at radius 2 is 1.85 bits per heavy atom. The highest BCUT2D eigenvalue weighted by Crippen LogP contribution is 2.32. The van der Waals surface area contributed by atoms with Crippen LogP contribution in [0.4, 0.5) is 11.4 Å². The lowest BCUT2D eigenvalue weighted by atomic mass is 9.93. The second kappa shape index (κ2) is 8.03. The van der Waals surface area contributed by atoms with Crippen molar-refractivity contribution in [3.05, 3.63) is 33.9 Å². The van der Waals surface area contributed by atoms with Crippen LogP contribution in [0.15, 0.2) is 18.2 Å². The van der Waals surface area contributed by atoms with E-state index in [9.17, 15) is 20.0 Å². The number of nitro benzene ring substituents is 1. The minimum absolute atomic E-state index is 0.00808. The third-order valence-electron chi connectivity index (χ3n) is 5.59. The normalized spacial score (nSPS) is 24.3. The molecular formula is C19H27N3O4. The molecule has 2 fully saturated rings. The minimum atomic E-state index is -0.402. The van der Waals surface area contributed by atoms with E-state index in [1.807, 2.05) is 4.90 Å². The summed E-state index contributed by atoms with van der Waals surface area (Å²) >= 11 is 0. The molecule has 7 heteroatoms. The van der Waals surface area contributed by atoms with Gasteiger partial charge in [-0.1, -0.05) is 6.92 Å². The topological polar surface area (TPSA) is 95.7 Å². The smallest absolute Gasteiger partial charge is 0.293 e. The average Bonchev–Trinajstić information content (AvgIpc) is 2.63. The fourth-order valence-electron chi connectivity index (χ4n) is 3.82. The maximum absolute atomic E-state index is 12.5. The van der Waals surface area contributed by atoms with Gasteiger partial charge < -0.3 is 15.3 Å². The van der Waals surface area contributed by atoms with Crippen molar-refractivity contribution >= 4 is 17.3 Å². The van der Waals surface area contributed by atoms with E-state index in [2.05, 4.69) is 12.2 Å². The third-order valence-corrected chi connectivity index (χ3v) is 5.59. The number of aliphatic hydroxyl groups excluding tert-OH is 1. The number of hydrogen-bond acceptors (Lipinski definition) is 5. The number of carbonyl (C=O) groups is 1. The first kappa shape index (κ1) is 18.6. The van der Waals surface area contributed by atoms with E-state index in [0.29, 0.717) is 30.0 Å². The summed E-state index contributed by atoms with van der Waals surface area (Å²) in [5.41, 5.74) is 0.905. The van der Waals surface area contributed by atoms with Crippen molar-refractivity contribution in [2.45, 2.75) is 57.6 Å². The quantitative estimate of drug-likeness (QED) is 0.635. The molecule has 2 N–H and O–H groups in total. The highest BCUT2D eigenvalue weighted by molar-refractivity contribution is 5.96. The average molecular weight is 361 g/mol.